The summed E-state index contributed by atoms with van der Waals surface area (Å²) in [6.45, 7) is 4.11. The molecule has 5 heteroatoms. The van der Waals surface area contributed by atoms with Gasteiger partial charge in [0, 0.05) is 24.9 Å². The molecule has 0 radical (unpaired) electrons. The molecule has 5 atom stereocenters. The highest BCUT2D eigenvalue weighted by molar-refractivity contribution is 5.21. The van der Waals surface area contributed by atoms with Crippen molar-refractivity contribution in [2.75, 3.05) is 19.8 Å². The molecule has 0 bridgehead atoms. The number of aliphatic hydroxyl groups is 2. The average Bonchev–Trinajstić information content (AvgIpc) is 3.22. The Morgan fingerprint density at radius 1 is 1.14 bits per heavy atom. The van der Waals surface area contributed by atoms with Crippen molar-refractivity contribution in [2.45, 2.75) is 94.7 Å². The predicted molar refractivity (Wildman–Crippen MR) is 107 cm³/mol. The zero-order valence-corrected chi connectivity index (χ0v) is 17.4. The molecule has 4 rings (SSSR count). The second-order valence-corrected chi connectivity index (χ2v) is 9.31. The van der Waals surface area contributed by atoms with Crippen LogP contribution in [0.5, 0.6) is 0 Å². The summed E-state index contributed by atoms with van der Waals surface area (Å²) in [6.07, 6.45) is 13.5. The maximum atomic E-state index is 10.8. The van der Waals surface area contributed by atoms with E-state index in [1.807, 2.05) is 6.08 Å². The summed E-state index contributed by atoms with van der Waals surface area (Å²) in [5.41, 5.74) is -0.456. The molecule has 4 aliphatic rings. The van der Waals surface area contributed by atoms with Crippen LogP contribution in [0.25, 0.3) is 0 Å². The lowest BCUT2D eigenvalue weighted by Crippen LogP contribution is -2.75. The van der Waals surface area contributed by atoms with Crippen LogP contribution in [0.1, 0.15) is 71.1 Å². The van der Waals surface area contributed by atoms with E-state index < -0.39 is 17.5 Å². The molecule has 0 aromatic heterocycles. The molecule has 28 heavy (non-hydrogen) atoms. The summed E-state index contributed by atoms with van der Waals surface area (Å²) in [5.74, 6) is -0.0850. The lowest BCUT2D eigenvalue weighted by atomic mass is 9.52. The van der Waals surface area contributed by atoms with Crippen LogP contribution in [-0.2, 0) is 14.2 Å². The molecule has 160 valence electrons. The number of fused-ring (bicyclic) bond motifs is 2. The van der Waals surface area contributed by atoms with Crippen molar-refractivity contribution >= 4 is 0 Å². The van der Waals surface area contributed by atoms with Gasteiger partial charge in [-0.3, -0.25) is 0 Å². The molecular weight excluding hydrogens is 356 g/mol. The first kappa shape index (κ1) is 20.8. The Balaban J connectivity index is 1.48. The van der Waals surface area contributed by atoms with Crippen molar-refractivity contribution in [1.82, 2.24) is 0 Å². The highest BCUT2D eigenvalue weighted by Crippen LogP contribution is 2.63. The first-order chi connectivity index (χ1) is 13.6. The number of aliphatic hydroxyl groups excluding tert-OH is 2. The van der Waals surface area contributed by atoms with Crippen LogP contribution in [0.15, 0.2) is 12.2 Å². The maximum absolute atomic E-state index is 10.8. The van der Waals surface area contributed by atoms with Gasteiger partial charge in [-0.1, -0.05) is 44.8 Å². The van der Waals surface area contributed by atoms with Crippen molar-refractivity contribution in [3.63, 3.8) is 0 Å². The molecule has 3 aliphatic carbocycles. The van der Waals surface area contributed by atoms with Crippen molar-refractivity contribution in [2.24, 2.45) is 17.8 Å². The van der Waals surface area contributed by atoms with Crippen LogP contribution in [-0.4, -0.2) is 53.6 Å². The fourth-order valence-corrected chi connectivity index (χ4v) is 6.07. The van der Waals surface area contributed by atoms with E-state index in [-0.39, 0.29) is 17.9 Å². The fraction of sp³-hybridized carbons (Fsp3) is 0.913. The normalized spacial score (nSPS) is 39.2. The minimum absolute atomic E-state index is 0.00737. The van der Waals surface area contributed by atoms with Crippen LogP contribution in [0.3, 0.4) is 0 Å². The van der Waals surface area contributed by atoms with E-state index in [9.17, 15) is 10.2 Å². The van der Waals surface area contributed by atoms with Gasteiger partial charge in [-0.15, -0.1) is 0 Å². The largest absolute Gasteiger partial charge is 0.393 e. The van der Waals surface area contributed by atoms with Crippen LogP contribution >= 0.6 is 0 Å². The molecule has 1 heterocycles. The Morgan fingerprint density at radius 2 is 1.89 bits per heavy atom. The molecule has 0 amide bonds. The van der Waals surface area contributed by atoms with Gasteiger partial charge in [0.25, 0.3) is 0 Å². The van der Waals surface area contributed by atoms with E-state index in [1.165, 1.54) is 19.3 Å². The molecular formula is C23H38O5. The molecule has 0 aromatic carbocycles. The number of hydrogen-bond acceptors (Lipinski definition) is 5. The Kier molecular flexibility index (Phi) is 6.48. The minimum atomic E-state index is -0.625. The van der Waals surface area contributed by atoms with Crippen LogP contribution in [0.4, 0.5) is 0 Å². The van der Waals surface area contributed by atoms with E-state index in [4.69, 9.17) is 14.2 Å². The summed E-state index contributed by atoms with van der Waals surface area (Å²) in [7, 11) is 0. The summed E-state index contributed by atoms with van der Waals surface area (Å²) in [4.78, 5) is 0. The third kappa shape index (κ3) is 3.58. The van der Waals surface area contributed by atoms with Crippen molar-refractivity contribution in [3.8, 4) is 0 Å². The lowest BCUT2D eigenvalue weighted by Gasteiger charge is -2.64. The SMILES string of the molecule is CCCCO[C@]12CC[C@@H](O)[C@H](/C=C/[C@@H](O)C3CCCCC3)[C@H]1CC21OCCO1. The zero-order valence-electron chi connectivity index (χ0n) is 17.4. The summed E-state index contributed by atoms with van der Waals surface area (Å²) in [6, 6.07) is 0. The molecule has 5 nitrogen and oxygen atoms in total. The number of rotatable bonds is 7. The minimum Gasteiger partial charge on any atom is -0.393 e. The maximum Gasteiger partial charge on any atom is 0.198 e. The Morgan fingerprint density at radius 3 is 2.61 bits per heavy atom. The quantitative estimate of drug-likeness (QED) is 0.510. The number of unbranched alkanes of at least 4 members (excludes halogenated alkanes) is 1. The average molecular weight is 395 g/mol. The highest BCUT2D eigenvalue weighted by atomic mass is 16.8. The van der Waals surface area contributed by atoms with E-state index in [0.29, 0.717) is 32.2 Å². The second-order valence-electron chi connectivity index (χ2n) is 9.31. The van der Waals surface area contributed by atoms with E-state index >= 15 is 0 Å². The van der Waals surface area contributed by atoms with Crippen LogP contribution < -0.4 is 0 Å². The van der Waals surface area contributed by atoms with E-state index in [1.54, 1.807) is 0 Å². The first-order valence-electron chi connectivity index (χ1n) is 11.6. The van der Waals surface area contributed by atoms with Crippen LogP contribution in [0.2, 0.25) is 0 Å². The molecule has 4 fully saturated rings. The van der Waals surface area contributed by atoms with E-state index in [0.717, 1.165) is 38.5 Å². The Hall–Kier alpha value is -0.460. The Labute approximate surface area is 169 Å². The van der Waals surface area contributed by atoms with Crippen molar-refractivity contribution in [1.29, 1.82) is 0 Å². The van der Waals surface area contributed by atoms with Gasteiger partial charge < -0.3 is 24.4 Å². The zero-order chi connectivity index (χ0) is 19.6. The standard InChI is InChI=1S/C23H38O5/c1-2-3-13-26-22-12-11-21(25)18(19(22)16-23(22)27-14-15-28-23)9-10-20(24)17-7-5-4-6-8-17/h9-10,17-21,24-25H,2-8,11-16H2,1H3/b10-9+/t18-,19-,20-,21-,22-/m1/s1. The lowest BCUT2D eigenvalue weighted by molar-refractivity contribution is -0.388. The monoisotopic (exact) mass is 394 g/mol. The fourth-order valence-electron chi connectivity index (χ4n) is 6.07. The number of hydrogen-bond donors (Lipinski definition) is 2. The third-order valence-corrected chi connectivity index (χ3v) is 7.73. The summed E-state index contributed by atoms with van der Waals surface area (Å²) >= 11 is 0. The van der Waals surface area contributed by atoms with Gasteiger partial charge in [0.15, 0.2) is 5.79 Å². The molecule has 1 aliphatic heterocycles. The predicted octanol–water partition coefficient (Wildman–Crippen LogP) is 3.57. The molecule has 0 aromatic rings. The third-order valence-electron chi connectivity index (χ3n) is 7.73. The second kappa shape index (κ2) is 8.73. The Bertz CT molecular complexity index is 537. The summed E-state index contributed by atoms with van der Waals surface area (Å²) < 4.78 is 18.7. The van der Waals surface area contributed by atoms with Gasteiger partial charge >= 0.3 is 0 Å². The highest BCUT2D eigenvalue weighted by Gasteiger charge is 2.73. The smallest absolute Gasteiger partial charge is 0.198 e. The molecule has 2 N–H and O–H groups in total. The molecule has 3 saturated carbocycles. The number of ether oxygens (including phenoxy) is 3. The van der Waals surface area contributed by atoms with Crippen LogP contribution in [0, 0.1) is 17.8 Å². The first-order valence-corrected chi connectivity index (χ1v) is 11.6. The van der Waals surface area contributed by atoms with Gasteiger partial charge in [-0.05, 0) is 38.0 Å². The van der Waals surface area contributed by atoms with Gasteiger partial charge in [0.05, 0.1) is 25.4 Å². The van der Waals surface area contributed by atoms with Crippen molar-refractivity contribution < 1.29 is 24.4 Å². The topological polar surface area (TPSA) is 68.2 Å². The van der Waals surface area contributed by atoms with Gasteiger partial charge in [0.2, 0.25) is 0 Å². The molecule has 0 unspecified atom stereocenters. The molecule has 1 saturated heterocycles. The van der Waals surface area contributed by atoms with Crippen molar-refractivity contribution in [3.05, 3.63) is 12.2 Å². The van der Waals surface area contributed by atoms with Gasteiger partial charge in [0.1, 0.15) is 5.60 Å². The molecule has 1 spiro atoms. The van der Waals surface area contributed by atoms with Gasteiger partial charge in [-0.2, -0.15) is 0 Å². The van der Waals surface area contributed by atoms with Gasteiger partial charge in [-0.25, -0.2) is 0 Å². The van der Waals surface area contributed by atoms with E-state index in [2.05, 4.69) is 13.0 Å². The summed E-state index contributed by atoms with van der Waals surface area (Å²) in [5, 5.41) is 21.4.